The average molecular weight is 535 g/mol. The topological polar surface area (TPSA) is 42.3 Å². The van der Waals surface area contributed by atoms with Crippen molar-refractivity contribution in [2.45, 2.75) is 20.4 Å². The number of halogens is 2. The molecule has 0 unspecified atom stereocenters. The number of amides is 2. The van der Waals surface area contributed by atoms with Crippen molar-refractivity contribution in [1.29, 1.82) is 0 Å². The maximum absolute atomic E-state index is 14.6. The number of hydrogen-bond donors (Lipinski definition) is 0. The van der Waals surface area contributed by atoms with Crippen LogP contribution in [0.5, 0.6) is 0 Å². The molecule has 1 saturated heterocycles. The monoisotopic (exact) mass is 534 g/mol. The molecule has 1 aromatic heterocycles. The van der Waals surface area contributed by atoms with Gasteiger partial charge in [0.15, 0.2) is 0 Å². The molecule has 4 nitrogen and oxygen atoms in total. The van der Waals surface area contributed by atoms with E-state index in [0.29, 0.717) is 15.1 Å². The molecule has 5 rings (SSSR count). The molecular weight excluding hydrogens is 515 g/mol. The molecule has 4 aromatic rings. The Morgan fingerprint density at radius 1 is 1.00 bits per heavy atom. The fourth-order valence-corrected chi connectivity index (χ4v) is 5.51. The summed E-state index contributed by atoms with van der Waals surface area (Å²) in [6.45, 7) is 3.98. The first-order chi connectivity index (χ1) is 16.3. The lowest BCUT2D eigenvalue weighted by molar-refractivity contribution is -0.123. The zero-order valence-electron chi connectivity index (χ0n) is 18.5. The summed E-state index contributed by atoms with van der Waals surface area (Å²) in [5.41, 5.74) is 3.75. The third-order valence-corrected chi connectivity index (χ3v) is 7.39. The smallest absolute Gasteiger partial charge is 0.293 e. The van der Waals surface area contributed by atoms with Gasteiger partial charge in [0.25, 0.3) is 11.1 Å². The summed E-state index contributed by atoms with van der Waals surface area (Å²) >= 11 is 4.22. The van der Waals surface area contributed by atoms with Crippen LogP contribution in [0, 0.1) is 19.7 Å². The van der Waals surface area contributed by atoms with Crippen molar-refractivity contribution in [3.63, 3.8) is 0 Å². The largest absolute Gasteiger partial charge is 0.315 e. The number of fused-ring (bicyclic) bond motifs is 1. The average Bonchev–Trinajstić information content (AvgIpc) is 3.23. The molecule has 0 spiro atoms. The van der Waals surface area contributed by atoms with Crippen LogP contribution in [0.1, 0.15) is 22.5 Å². The minimum atomic E-state index is -0.349. The highest BCUT2D eigenvalue weighted by molar-refractivity contribution is 9.10. The van der Waals surface area contributed by atoms with Gasteiger partial charge < -0.3 is 4.57 Å². The molecule has 0 saturated carbocycles. The van der Waals surface area contributed by atoms with Gasteiger partial charge in [-0.15, -0.1) is 0 Å². The fraction of sp³-hybridized carbons (Fsp3) is 0.111. The summed E-state index contributed by atoms with van der Waals surface area (Å²) in [4.78, 5) is 27.6. The van der Waals surface area contributed by atoms with E-state index in [-0.39, 0.29) is 23.5 Å². The van der Waals surface area contributed by atoms with Gasteiger partial charge in [-0.3, -0.25) is 14.5 Å². The second kappa shape index (κ2) is 8.89. The number of imide groups is 1. The number of aromatic nitrogens is 1. The second-order valence-corrected chi connectivity index (χ2v) is 10.1. The van der Waals surface area contributed by atoms with Crippen LogP contribution in [0.25, 0.3) is 22.5 Å². The molecule has 34 heavy (non-hydrogen) atoms. The van der Waals surface area contributed by atoms with Crippen molar-refractivity contribution in [2.75, 3.05) is 0 Å². The first kappa shape index (κ1) is 22.6. The summed E-state index contributed by atoms with van der Waals surface area (Å²) in [7, 11) is 0. The Labute approximate surface area is 209 Å². The summed E-state index contributed by atoms with van der Waals surface area (Å²) in [6, 6.07) is 20.6. The molecule has 1 aliphatic rings. The maximum Gasteiger partial charge on any atom is 0.293 e. The van der Waals surface area contributed by atoms with E-state index in [1.807, 2.05) is 66.9 Å². The van der Waals surface area contributed by atoms with Gasteiger partial charge in [-0.25, -0.2) is 4.39 Å². The maximum atomic E-state index is 14.6. The van der Waals surface area contributed by atoms with Gasteiger partial charge in [0.1, 0.15) is 5.82 Å². The SMILES string of the molecule is Cc1cc(/C=C2/SC(=O)N(Cc3cccc4ccccc34)C2=O)c(C)n1-c1ccc(Br)cc1F. The minimum Gasteiger partial charge on any atom is -0.315 e. The van der Waals surface area contributed by atoms with Gasteiger partial charge in [0, 0.05) is 15.9 Å². The first-order valence-corrected chi connectivity index (χ1v) is 12.3. The third-order valence-electron chi connectivity index (χ3n) is 5.99. The number of rotatable bonds is 4. The molecule has 0 atom stereocenters. The standard InChI is InChI=1S/C27H20BrFN2O2S/c1-16-12-20(17(2)31(16)24-11-10-21(28)14-23(24)29)13-25-26(32)30(27(33)34-25)15-19-8-5-7-18-6-3-4-9-22(18)19/h3-14H,15H2,1-2H3/b25-13+. The van der Waals surface area contributed by atoms with Crippen molar-refractivity contribution >= 4 is 55.7 Å². The lowest BCUT2D eigenvalue weighted by Crippen LogP contribution is -2.27. The second-order valence-electron chi connectivity index (χ2n) is 8.16. The Balaban J connectivity index is 1.46. The molecule has 7 heteroatoms. The van der Waals surface area contributed by atoms with Crippen molar-refractivity contribution in [2.24, 2.45) is 0 Å². The fourth-order valence-electron chi connectivity index (χ4n) is 4.35. The van der Waals surface area contributed by atoms with Crippen LogP contribution in [0.4, 0.5) is 9.18 Å². The molecule has 3 aromatic carbocycles. The minimum absolute atomic E-state index is 0.215. The summed E-state index contributed by atoms with van der Waals surface area (Å²) in [5.74, 6) is -0.666. The molecular formula is C27H20BrFN2O2S. The highest BCUT2D eigenvalue weighted by atomic mass is 79.9. The molecule has 2 amide bonds. The lowest BCUT2D eigenvalue weighted by Gasteiger charge is -2.14. The number of carbonyl (C=O) groups excluding carboxylic acids is 2. The van der Waals surface area contributed by atoms with E-state index in [1.54, 1.807) is 18.2 Å². The van der Waals surface area contributed by atoms with Crippen LogP contribution in [0.2, 0.25) is 0 Å². The molecule has 170 valence electrons. The number of benzene rings is 3. The van der Waals surface area contributed by atoms with Gasteiger partial charge in [-0.05, 0) is 77.9 Å². The molecule has 0 bridgehead atoms. The van der Waals surface area contributed by atoms with Crippen molar-refractivity contribution < 1.29 is 14.0 Å². The summed E-state index contributed by atoms with van der Waals surface area (Å²) in [6.07, 6.45) is 1.73. The summed E-state index contributed by atoms with van der Waals surface area (Å²) in [5, 5.41) is 1.79. The Morgan fingerprint density at radius 3 is 2.56 bits per heavy atom. The predicted octanol–water partition coefficient (Wildman–Crippen LogP) is 7.39. The molecule has 0 N–H and O–H groups in total. The van der Waals surface area contributed by atoms with Gasteiger partial charge in [0.05, 0.1) is 17.1 Å². The van der Waals surface area contributed by atoms with Gasteiger partial charge in [0.2, 0.25) is 0 Å². The van der Waals surface area contributed by atoms with Gasteiger partial charge in [-0.2, -0.15) is 0 Å². The molecule has 0 radical (unpaired) electrons. The van der Waals surface area contributed by atoms with Crippen molar-refractivity contribution in [3.8, 4) is 5.69 Å². The van der Waals surface area contributed by atoms with E-state index < -0.39 is 0 Å². The van der Waals surface area contributed by atoms with Crippen molar-refractivity contribution in [3.05, 3.63) is 104 Å². The van der Waals surface area contributed by atoms with Gasteiger partial charge in [-0.1, -0.05) is 58.4 Å². The number of carbonyl (C=O) groups is 2. The number of thioether (sulfide) groups is 1. The van der Waals surface area contributed by atoms with E-state index in [9.17, 15) is 14.0 Å². The zero-order valence-corrected chi connectivity index (χ0v) is 20.9. The van der Waals surface area contributed by atoms with E-state index in [0.717, 1.165) is 45.0 Å². The van der Waals surface area contributed by atoms with E-state index in [4.69, 9.17) is 0 Å². The lowest BCUT2D eigenvalue weighted by atomic mass is 10.0. The van der Waals surface area contributed by atoms with Gasteiger partial charge >= 0.3 is 0 Å². The number of aryl methyl sites for hydroxylation is 1. The highest BCUT2D eigenvalue weighted by Crippen LogP contribution is 2.35. The van der Waals surface area contributed by atoms with Crippen LogP contribution in [-0.4, -0.2) is 20.6 Å². The van der Waals surface area contributed by atoms with E-state index in [1.165, 1.54) is 11.0 Å². The Morgan fingerprint density at radius 2 is 1.76 bits per heavy atom. The predicted molar refractivity (Wildman–Crippen MR) is 138 cm³/mol. The summed E-state index contributed by atoms with van der Waals surface area (Å²) < 4.78 is 17.1. The molecule has 1 aliphatic heterocycles. The van der Waals surface area contributed by atoms with Crippen LogP contribution in [0.15, 0.2) is 76.1 Å². The van der Waals surface area contributed by atoms with E-state index in [2.05, 4.69) is 15.9 Å². The van der Waals surface area contributed by atoms with Crippen LogP contribution >= 0.6 is 27.7 Å². The zero-order chi connectivity index (χ0) is 24.0. The molecule has 2 heterocycles. The Kier molecular flexibility index (Phi) is 5.91. The van der Waals surface area contributed by atoms with E-state index >= 15 is 0 Å². The van der Waals surface area contributed by atoms with Crippen LogP contribution in [-0.2, 0) is 11.3 Å². The third kappa shape index (κ3) is 3.99. The normalized spacial score (nSPS) is 15.2. The molecule has 0 aliphatic carbocycles. The van der Waals surface area contributed by atoms with Crippen molar-refractivity contribution in [1.82, 2.24) is 9.47 Å². The van der Waals surface area contributed by atoms with Crippen LogP contribution in [0.3, 0.4) is 0 Å². The van der Waals surface area contributed by atoms with Crippen LogP contribution < -0.4 is 0 Å². The Hall–Kier alpha value is -3.16. The quantitative estimate of drug-likeness (QED) is 0.256. The number of nitrogens with zero attached hydrogens (tertiary/aromatic N) is 2. The molecule has 1 fully saturated rings. The highest BCUT2D eigenvalue weighted by Gasteiger charge is 2.35. The number of hydrogen-bond acceptors (Lipinski definition) is 3. The Bertz CT molecular complexity index is 1500. The first-order valence-electron chi connectivity index (χ1n) is 10.7.